The summed E-state index contributed by atoms with van der Waals surface area (Å²) in [7, 11) is 1.61. The van der Waals surface area contributed by atoms with Crippen LogP contribution >= 0.6 is 11.8 Å². The Morgan fingerprint density at radius 1 is 1.27 bits per heavy atom. The molecule has 0 atom stereocenters. The van der Waals surface area contributed by atoms with Crippen LogP contribution in [0.3, 0.4) is 0 Å². The van der Waals surface area contributed by atoms with Crippen molar-refractivity contribution in [3.63, 3.8) is 0 Å². The highest BCUT2D eigenvalue weighted by Gasteiger charge is 2.32. The maximum absolute atomic E-state index is 13.9. The van der Waals surface area contributed by atoms with Crippen molar-refractivity contribution < 1.29 is 22.8 Å². The highest BCUT2D eigenvalue weighted by atomic mass is 32.2. The van der Waals surface area contributed by atoms with Gasteiger partial charge in [-0.1, -0.05) is 25.1 Å². The molecular formula is C19H23F2NO3S. The van der Waals surface area contributed by atoms with Crippen LogP contribution in [0.5, 0.6) is 0 Å². The van der Waals surface area contributed by atoms with Crippen molar-refractivity contribution in [2.45, 2.75) is 49.2 Å². The van der Waals surface area contributed by atoms with Gasteiger partial charge in [0.25, 0.3) is 0 Å². The summed E-state index contributed by atoms with van der Waals surface area (Å²) in [6, 6.07) is 5.66. The molecule has 0 amide bonds. The summed E-state index contributed by atoms with van der Waals surface area (Å²) in [6.45, 7) is 7.72. The largest absolute Gasteiger partial charge is 0.384 e. The number of benzene rings is 1. The van der Waals surface area contributed by atoms with Crippen LogP contribution in [0.15, 0.2) is 33.7 Å². The lowest BCUT2D eigenvalue weighted by molar-refractivity contribution is -0.120. The maximum Gasteiger partial charge on any atom is 0.172 e. The van der Waals surface area contributed by atoms with Crippen LogP contribution in [0.25, 0.3) is 0 Å². The van der Waals surface area contributed by atoms with Gasteiger partial charge in [-0.15, -0.1) is 11.8 Å². The molecule has 0 fully saturated rings. The minimum absolute atomic E-state index is 0.0451. The number of aromatic nitrogens is 1. The van der Waals surface area contributed by atoms with E-state index in [0.717, 1.165) is 17.8 Å². The quantitative estimate of drug-likeness (QED) is 0.626. The van der Waals surface area contributed by atoms with Crippen LogP contribution in [0.4, 0.5) is 8.78 Å². The van der Waals surface area contributed by atoms with Gasteiger partial charge < -0.3 is 9.26 Å². The van der Waals surface area contributed by atoms with Gasteiger partial charge in [0.1, 0.15) is 5.76 Å². The van der Waals surface area contributed by atoms with Gasteiger partial charge in [-0.3, -0.25) is 4.79 Å². The lowest BCUT2D eigenvalue weighted by atomic mass is 9.91. The molecular weight excluding hydrogens is 360 g/mol. The van der Waals surface area contributed by atoms with Crippen molar-refractivity contribution in [2.75, 3.05) is 13.7 Å². The Morgan fingerprint density at radius 3 is 2.62 bits per heavy atom. The first-order valence-electron chi connectivity index (χ1n) is 8.18. The Labute approximate surface area is 156 Å². The van der Waals surface area contributed by atoms with Crippen LogP contribution in [0, 0.1) is 11.6 Å². The highest BCUT2D eigenvalue weighted by Crippen LogP contribution is 2.36. The zero-order valence-corrected chi connectivity index (χ0v) is 16.4. The van der Waals surface area contributed by atoms with E-state index in [1.165, 1.54) is 12.1 Å². The van der Waals surface area contributed by atoms with Crippen LogP contribution in [0.1, 0.15) is 39.1 Å². The molecule has 0 aliphatic carbocycles. The van der Waals surface area contributed by atoms with Crippen LogP contribution in [-0.4, -0.2) is 29.4 Å². The molecule has 4 nitrogen and oxygen atoms in total. The number of rotatable bonds is 8. The lowest BCUT2D eigenvalue weighted by Crippen LogP contribution is -2.29. The lowest BCUT2D eigenvalue weighted by Gasteiger charge is -2.22. The average molecular weight is 383 g/mol. The number of methoxy groups -OCH3 is 1. The summed E-state index contributed by atoms with van der Waals surface area (Å²) >= 11 is 0.992. The molecule has 0 aliphatic rings. The first-order valence-corrected chi connectivity index (χ1v) is 9.00. The molecule has 26 heavy (non-hydrogen) atoms. The summed E-state index contributed by atoms with van der Waals surface area (Å²) in [5.41, 5.74) is 0.139. The van der Waals surface area contributed by atoms with Crippen molar-refractivity contribution in [3.05, 3.63) is 47.4 Å². The molecule has 1 aromatic carbocycles. The maximum atomic E-state index is 13.9. The van der Waals surface area contributed by atoms with Gasteiger partial charge in [-0.05, 0) is 26.0 Å². The molecule has 0 radical (unpaired) electrons. The third-order valence-corrected chi connectivity index (χ3v) is 5.30. The second kappa shape index (κ2) is 7.88. The number of Topliss-reactive ketones (excluding diaryl/α,β-unsaturated/α-hetero) is 1. The van der Waals surface area contributed by atoms with Gasteiger partial charge in [-0.25, -0.2) is 8.78 Å². The molecule has 1 aromatic heterocycles. The fraction of sp³-hybridized carbons (Fsp3) is 0.474. The van der Waals surface area contributed by atoms with Crippen LogP contribution in [-0.2, 0) is 21.4 Å². The number of carbonyl (C=O) groups excluding carboxylic acids is 1. The van der Waals surface area contributed by atoms with Gasteiger partial charge in [0, 0.05) is 23.5 Å². The van der Waals surface area contributed by atoms with Crippen molar-refractivity contribution in [3.8, 4) is 0 Å². The predicted molar refractivity (Wildman–Crippen MR) is 96.4 cm³/mol. The SMILES string of the molecule is COCC(C)(C)c1cc(CC(=O)C(C)(C)Sc2cccc(F)c2F)no1. The minimum Gasteiger partial charge on any atom is -0.384 e. The third-order valence-electron chi connectivity index (χ3n) is 4.03. The molecule has 0 saturated heterocycles. The zero-order valence-electron chi connectivity index (χ0n) is 15.6. The highest BCUT2D eigenvalue weighted by molar-refractivity contribution is 8.01. The van der Waals surface area contributed by atoms with E-state index in [4.69, 9.17) is 9.26 Å². The van der Waals surface area contributed by atoms with Gasteiger partial charge in [-0.2, -0.15) is 0 Å². The number of ketones is 1. The number of hydrogen-bond acceptors (Lipinski definition) is 5. The molecule has 0 saturated carbocycles. The number of hydrogen-bond donors (Lipinski definition) is 0. The molecule has 0 unspecified atom stereocenters. The van der Waals surface area contributed by atoms with Crippen molar-refractivity contribution in [1.29, 1.82) is 0 Å². The molecule has 0 spiro atoms. The zero-order chi connectivity index (χ0) is 19.5. The van der Waals surface area contributed by atoms with Crippen LogP contribution in [0.2, 0.25) is 0 Å². The number of ether oxygens (including phenoxy) is 1. The topological polar surface area (TPSA) is 52.3 Å². The van der Waals surface area contributed by atoms with E-state index >= 15 is 0 Å². The Kier molecular flexibility index (Phi) is 6.24. The first kappa shape index (κ1) is 20.6. The van der Waals surface area contributed by atoms with E-state index in [9.17, 15) is 13.6 Å². The van der Waals surface area contributed by atoms with E-state index in [2.05, 4.69) is 5.16 Å². The number of thioether (sulfide) groups is 1. The molecule has 142 valence electrons. The molecule has 0 bridgehead atoms. The number of halogens is 2. The van der Waals surface area contributed by atoms with E-state index in [0.29, 0.717) is 18.1 Å². The fourth-order valence-electron chi connectivity index (χ4n) is 2.42. The average Bonchev–Trinajstić information content (AvgIpc) is 3.01. The number of carbonyl (C=O) groups is 1. The second-order valence-electron chi connectivity index (χ2n) is 7.26. The second-order valence-corrected chi connectivity index (χ2v) is 8.93. The van der Waals surface area contributed by atoms with E-state index < -0.39 is 16.4 Å². The van der Waals surface area contributed by atoms with E-state index in [1.54, 1.807) is 27.0 Å². The first-order chi connectivity index (χ1) is 12.1. The monoisotopic (exact) mass is 383 g/mol. The summed E-state index contributed by atoms with van der Waals surface area (Å²) < 4.78 is 36.8. The van der Waals surface area contributed by atoms with Gasteiger partial charge in [0.05, 0.1) is 23.5 Å². The van der Waals surface area contributed by atoms with Gasteiger partial charge in [0.15, 0.2) is 17.4 Å². The molecule has 2 rings (SSSR count). The predicted octanol–water partition coefficient (Wildman–Crippen LogP) is 4.56. The van der Waals surface area contributed by atoms with E-state index in [1.807, 2.05) is 13.8 Å². The van der Waals surface area contributed by atoms with Crippen molar-refractivity contribution in [1.82, 2.24) is 5.16 Å². The fourth-order valence-corrected chi connectivity index (χ4v) is 3.49. The van der Waals surface area contributed by atoms with Gasteiger partial charge in [0.2, 0.25) is 0 Å². The molecule has 0 N–H and O–H groups in total. The smallest absolute Gasteiger partial charge is 0.172 e. The summed E-state index contributed by atoms with van der Waals surface area (Å²) in [4.78, 5) is 12.8. The summed E-state index contributed by atoms with van der Waals surface area (Å²) in [5, 5.41) is 3.96. The minimum atomic E-state index is -0.949. The molecule has 2 aromatic rings. The van der Waals surface area contributed by atoms with Gasteiger partial charge >= 0.3 is 0 Å². The van der Waals surface area contributed by atoms with Crippen molar-refractivity contribution >= 4 is 17.5 Å². The molecule has 1 heterocycles. The van der Waals surface area contributed by atoms with E-state index in [-0.39, 0.29) is 22.5 Å². The third kappa shape index (κ3) is 4.71. The normalized spacial score (nSPS) is 12.4. The Morgan fingerprint density at radius 2 is 1.96 bits per heavy atom. The standard InChI is InChI=1S/C19H23F2NO3S/c1-18(2,11-24-5)16-10-12(22-25-16)9-15(23)19(3,4)26-14-8-6-7-13(20)17(14)21/h6-8,10H,9,11H2,1-5H3. The molecule has 7 heteroatoms. The summed E-state index contributed by atoms with van der Waals surface area (Å²) in [5.74, 6) is -1.40. The Bertz CT molecular complexity index is 787. The summed E-state index contributed by atoms with van der Waals surface area (Å²) in [6.07, 6.45) is 0.0451. The Balaban J connectivity index is 2.11. The molecule has 0 aliphatic heterocycles. The number of nitrogens with zero attached hydrogens (tertiary/aromatic N) is 1. The van der Waals surface area contributed by atoms with Crippen molar-refractivity contribution in [2.24, 2.45) is 0 Å². The van der Waals surface area contributed by atoms with Crippen LogP contribution < -0.4 is 0 Å². The Hall–Kier alpha value is -1.73.